The summed E-state index contributed by atoms with van der Waals surface area (Å²) in [6, 6.07) is 5.60. The summed E-state index contributed by atoms with van der Waals surface area (Å²) in [6.07, 6.45) is 6.69. The molecule has 7 heteroatoms. The summed E-state index contributed by atoms with van der Waals surface area (Å²) in [6.45, 7) is 0.761. The van der Waals surface area contributed by atoms with Crippen molar-refractivity contribution in [2.45, 2.75) is 25.5 Å². The van der Waals surface area contributed by atoms with Crippen molar-refractivity contribution in [1.29, 1.82) is 0 Å². The normalized spacial score (nSPS) is 17.6. The maximum absolute atomic E-state index is 5.85. The molecule has 1 saturated heterocycles. The molecule has 1 fully saturated rings. The summed E-state index contributed by atoms with van der Waals surface area (Å²) in [7, 11) is 3.25. The van der Waals surface area contributed by atoms with Crippen LogP contribution in [0.4, 0.5) is 0 Å². The van der Waals surface area contributed by atoms with E-state index in [4.69, 9.17) is 19.2 Å². The molecule has 1 aliphatic heterocycles. The van der Waals surface area contributed by atoms with Crippen LogP contribution < -0.4 is 9.47 Å². The lowest BCUT2D eigenvalue weighted by atomic mass is 10.2. The number of fused-ring (bicyclic) bond motifs is 1. The van der Waals surface area contributed by atoms with Gasteiger partial charge < -0.3 is 14.2 Å². The van der Waals surface area contributed by atoms with Crippen molar-refractivity contribution in [3.05, 3.63) is 30.6 Å². The largest absolute Gasteiger partial charge is 0.497 e. The van der Waals surface area contributed by atoms with Crippen LogP contribution in [0.15, 0.2) is 30.6 Å². The van der Waals surface area contributed by atoms with E-state index in [0.29, 0.717) is 17.3 Å². The first-order valence-corrected chi connectivity index (χ1v) is 8.34. The Balaban J connectivity index is 1.78. The molecule has 2 aromatic heterocycles. The van der Waals surface area contributed by atoms with Crippen LogP contribution >= 0.6 is 0 Å². The monoisotopic (exact) mass is 340 g/mol. The van der Waals surface area contributed by atoms with Crippen LogP contribution in [0.25, 0.3) is 22.4 Å². The fraction of sp³-hybridized carbons (Fsp3) is 0.389. The number of hydrogen-bond donors (Lipinski definition) is 0. The van der Waals surface area contributed by atoms with E-state index in [9.17, 15) is 0 Å². The quantitative estimate of drug-likeness (QED) is 0.726. The molecule has 0 amide bonds. The maximum Gasteiger partial charge on any atom is 0.164 e. The van der Waals surface area contributed by atoms with E-state index in [1.54, 1.807) is 26.6 Å². The van der Waals surface area contributed by atoms with Gasteiger partial charge in [-0.1, -0.05) is 0 Å². The Bertz CT molecular complexity index is 865. The van der Waals surface area contributed by atoms with Gasteiger partial charge in [-0.15, -0.1) is 0 Å². The molecule has 25 heavy (non-hydrogen) atoms. The highest BCUT2D eigenvalue weighted by Crippen LogP contribution is 2.30. The van der Waals surface area contributed by atoms with Gasteiger partial charge in [-0.3, -0.25) is 0 Å². The van der Waals surface area contributed by atoms with Gasteiger partial charge >= 0.3 is 0 Å². The van der Waals surface area contributed by atoms with Crippen molar-refractivity contribution in [1.82, 2.24) is 19.7 Å². The Morgan fingerprint density at radius 3 is 2.56 bits per heavy atom. The Kier molecular flexibility index (Phi) is 4.23. The summed E-state index contributed by atoms with van der Waals surface area (Å²) < 4.78 is 18.4. The third kappa shape index (κ3) is 3.02. The molecular weight excluding hydrogens is 320 g/mol. The van der Waals surface area contributed by atoms with Gasteiger partial charge in [0.15, 0.2) is 17.7 Å². The van der Waals surface area contributed by atoms with Crippen molar-refractivity contribution in [3.63, 3.8) is 0 Å². The van der Waals surface area contributed by atoms with Crippen molar-refractivity contribution in [3.8, 4) is 22.9 Å². The minimum absolute atomic E-state index is 0.0613. The van der Waals surface area contributed by atoms with Crippen LogP contribution in [-0.4, -0.2) is 40.6 Å². The number of methoxy groups -OCH3 is 2. The molecule has 130 valence electrons. The molecule has 0 spiro atoms. The summed E-state index contributed by atoms with van der Waals surface area (Å²) in [4.78, 5) is 9.20. The highest BCUT2D eigenvalue weighted by Gasteiger charge is 2.20. The van der Waals surface area contributed by atoms with E-state index in [2.05, 4.69) is 10.1 Å². The molecule has 1 unspecified atom stereocenters. The summed E-state index contributed by atoms with van der Waals surface area (Å²) in [5, 5.41) is 5.36. The van der Waals surface area contributed by atoms with E-state index < -0.39 is 0 Å². The second-order valence-electron chi connectivity index (χ2n) is 5.98. The highest BCUT2D eigenvalue weighted by molar-refractivity contribution is 5.76. The number of aromatic nitrogens is 4. The zero-order valence-corrected chi connectivity index (χ0v) is 14.3. The molecule has 4 rings (SSSR count). The third-order valence-electron chi connectivity index (χ3n) is 4.37. The highest BCUT2D eigenvalue weighted by atomic mass is 16.5. The second-order valence-corrected chi connectivity index (χ2v) is 5.98. The number of rotatable bonds is 4. The van der Waals surface area contributed by atoms with Gasteiger partial charge in [-0.05, 0) is 31.4 Å². The first-order valence-electron chi connectivity index (χ1n) is 8.34. The Morgan fingerprint density at radius 1 is 1.08 bits per heavy atom. The van der Waals surface area contributed by atoms with Crippen molar-refractivity contribution < 1.29 is 14.2 Å². The molecule has 0 aliphatic carbocycles. The average molecular weight is 340 g/mol. The molecule has 0 saturated carbocycles. The molecular formula is C18H20N4O3. The molecule has 0 radical (unpaired) electrons. The van der Waals surface area contributed by atoms with Crippen LogP contribution in [0.2, 0.25) is 0 Å². The Morgan fingerprint density at radius 2 is 1.88 bits per heavy atom. The van der Waals surface area contributed by atoms with Gasteiger partial charge in [0, 0.05) is 24.4 Å². The molecule has 3 aromatic rings. The van der Waals surface area contributed by atoms with E-state index >= 15 is 0 Å². The molecule has 0 N–H and O–H groups in total. The minimum atomic E-state index is -0.0613. The molecule has 1 aromatic carbocycles. The third-order valence-corrected chi connectivity index (χ3v) is 4.37. The van der Waals surface area contributed by atoms with Crippen molar-refractivity contribution in [2.24, 2.45) is 0 Å². The SMILES string of the molecule is COc1cc(OC)cc(-c2ncc3cnn(C4CCCCO4)c3n2)c1. The summed E-state index contributed by atoms with van der Waals surface area (Å²) in [5.74, 6) is 1.99. The van der Waals surface area contributed by atoms with Crippen LogP contribution in [0, 0.1) is 0 Å². The number of benzene rings is 1. The summed E-state index contributed by atoms with van der Waals surface area (Å²) in [5.41, 5.74) is 1.61. The van der Waals surface area contributed by atoms with Crippen molar-refractivity contribution >= 4 is 11.0 Å². The standard InChI is InChI=1S/C18H20N4O3/c1-23-14-7-12(8-15(9-14)24-2)17-19-10-13-11-20-22(18(13)21-17)16-5-3-4-6-25-16/h7-11,16H,3-6H2,1-2H3. The predicted octanol–water partition coefficient (Wildman–Crippen LogP) is 3.21. The topological polar surface area (TPSA) is 71.3 Å². The van der Waals surface area contributed by atoms with Crippen LogP contribution in [0.5, 0.6) is 11.5 Å². The van der Waals surface area contributed by atoms with Crippen LogP contribution in [-0.2, 0) is 4.74 Å². The summed E-state index contributed by atoms with van der Waals surface area (Å²) >= 11 is 0. The van der Waals surface area contributed by atoms with Crippen LogP contribution in [0.1, 0.15) is 25.5 Å². The number of ether oxygens (including phenoxy) is 3. The fourth-order valence-electron chi connectivity index (χ4n) is 3.04. The molecule has 3 heterocycles. The zero-order valence-electron chi connectivity index (χ0n) is 14.3. The number of hydrogen-bond acceptors (Lipinski definition) is 6. The minimum Gasteiger partial charge on any atom is -0.497 e. The van der Waals surface area contributed by atoms with E-state index in [1.807, 2.05) is 22.9 Å². The smallest absolute Gasteiger partial charge is 0.164 e. The number of nitrogens with zero attached hydrogens (tertiary/aromatic N) is 4. The lowest BCUT2D eigenvalue weighted by molar-refractivity contribution is -0.0370. The zero-order chi connectivity index (χ0) is 17.2. The first kappa shape index (κ1) is 15.8. The van der Waals surface area contributed by atoms with E-state index in [0.717, 1.165) is 42.5 Å². The van der Waals surface area contributed by atoms with Gasteiger partial charge in [0.05, 0.1) is 25.8 Å². The fourth-order valence-corrected chi connectivity index (χ4v) is 3.04. The van der Waals surface area contributed by atoms with Crippen molar-refractivity contribution in [2.75, 3.05) is 20.8 Å². The van der Waals surface area contributed by atoms with Gasteiger partial charge in [0.1, 0.15) is 11.5 Å². The Labute approximate surface area is 145 Å². The maximum atomic E-state index is 5.85. The van der Waals surface area contributed by atoms with Gasteiger partial charge in [0.25, 0.3) is 0 Å². The predicted molar refractivity (Wildman–Crippen MR) is 92.7 cm³/mol. The molecule has 1 aliphatic rings. The average Bonchev–Trinajstić information content (AvgIpc) is 3.11. The van der Waals surface area contributed by atoms with Gasteiger partial charge in [-0.25, -0.2) is 14.6 Å². The van der Waals surface area contributed by atoms with Gasteiger partial charge in [-0.2, -0.15) is 5.10 Å². The first-order chi connectivity index (χ1) is 12.3. The lowest BCUT2D eigenvalue weighted by Gasteiger charge is -2.23. The molecule has 0 bridgehead atoms. The Hall–Kier alpha value is -2.67. The van der Waals surface area contributed by atoms with Gasteiger partial charge in [0.2, 0.25) is 0 Å². The van der Waals surface area contributed by atoms with E-state index in [-0.39, 0.29) is 6.23 Å². The van der Waals surface area contributed by atoms with E-state index in [1.165, 1.54) is 0 Å². The molecule has 7 nitrogen and oxygen atoms in total. The molecule has 1 atom stereocenters. The van der Waals surface area contributed by atoms with Crippen LogP contribution in [0.3, 0.4) is 0 Å². The lowest BCUT2D eigenvalue weighted by Crippen LogP contribution is -2.19. The second kappa shape index (κ2) is 6.68.